The second kappa shape index (κ2) is 5.35. The van der Waals surface area contributed by atoms with Gasteiger partial charge in [0.05, 0.1) is 14.3 Å². The minimum atomic E-state index is 0.676. The van der Waals surface area contributed by atoms with Crippen LogP contribution < -0.4 is 9.64 Å². The Labute approximate surface area is 122 Å². The van der Waals surface area contributed by atoms with Crippen LogP contribution in [-0.2, 0) is 0 Å². The number of halogens is 2. The van der Waals surface area contributed by atoms with Crippen molar-refractivity contribution in [1.82, 2.24) is 0 Å². The third-order valence-electron chi connectivity index (χ3n) is 2.21. The molecule has 0 aliphatic carbocycles. The van der Waals surface area contributed by atoms with Gasteiger partial charge in [-0.2, -0.15) is 0 Å². The fraction of sp³-hybridized carbons (Fsp3) is 0.182. The van der Waals surface area contributed by atoms with Gasteiger partial charge in [0, 0.05) is 18.1 Å². The summed E-state index contributed by atoms with van der Waals surface area (Å²) in [6, 6.07) is 4.21. The first kappa shape index (κ1) is 12.2. The lowest BCUT2D eigenvalue weighted by Crippen LogP contribution is -2.18. The summed E-state index contributed by atoms with van der Waals surface area (Å²) >= 11 is 4.58. The predicted octanol–water partition coefficient (Wildman–Crippen LogP) is 3.27. The first-order valence-corrected chi connectivity index (χ1v) is 6.84. The van der Waals surface area contributed by atoms with Crippen molar-refractivity contribution in [3.05, 3.63) is 31.5 Å². The molecule has 1 aromatic carbocycles. The number of hydrogen-bond donors (Lipinski definition) is 0. The maximum absolute atomic E-state index is 5.34. The number of allylic oxidation sites excluding steroid dienone is 1. The third kappa shape index (κ3) is 2.50. The fourth-order valence-electron chi connectivity index (χ4n) is 1.46. The van der Waals surface area contributed by atoms with Crippen molar-refractivity contribution in [1.29, 1.82) is 0 Å². The summed E-state index contributed by atoms with van der Waals surface area (Å²) in [5.74, 6) is 0.939. The first-order valence-electron chi connectivity index (χ1n) is 4.68. The van der Waals surface area contributed by atoms with Gasteiger partial charge in [-0.3, -0.25) is 4.99 Å². The number of nitrogens with zero attached hydrogens (tertiary/aromatic N) is 2. The lowest BCUT2D eigenvalue weighted by Gasteiger charge is -2.21. The van der Waals surface area contributed by atoms with E-state index in [0.29, 0.717) is 6.67 Å². The number of anilines is 1. The standard InChI is InChI=1S/C11H10I2N2O/c1-16-11-9(12)5-8(6-10(11)13)15-4-2-3-14-7-15/h2-6H,7H2,1H3. The summed E-state index contributed by atoms with van der Waals surface area (Å²) in [6.07, 6.45) is 5.78. The fourth-order valence-corrected chi connectivity index (χ4v) is 3.64. The topological polar surface area (TPSA) is 24.8 Å². The van der Waals surface area contributed by atoms with Crippen LogP contribution in [0.1, 0.15) is 0 Å². The van der Waals surface area contributed by atoms with Gasteiger partial charge in [-0.1, -0.05) is 0 Å². The highest BCUT2D eigenvalue weighted by Crippen LogP contribution is 2.32. The molecule has 0 saturated heterocycles. The summed E-state index contributed by atoms with van der Waals surface area (Å²) in [5.41, 5.74) is 1.14. The molecule has 0 fully saturated rings. The van der Waals surface area contributed by atoms with Crippen LogP contribution in [-0.4, -0.2) is 20.0 Å². The molecular weight excluding hydrogens is 430 g/mol. The van der Waals surface area contributed by atoms with Crippen molar-refractivity contribution in [2.75, 3.05) is 18.7 Å². The Bertz CT molecular complexity index is 434. The minimum Gasteiger partial charge on any atom is -0.495 e. The molecule has 3 nitrogen and oxygen atoms in total. The Balaban J connectivity index is 2.36. The van der Waals surface area contributed by atoms with E-state index in [4.69, 9.17) is 4.74 Å². The molecular formula is C11H10I2N2O. The smallest absolute Gasteiger partial charge is 0.145 e. The number of rotatable bonds is 2. The van der Waals surface area contributed by atoms with E-state index in [1.807, 2.05) is 18.5 Å². The zero-order valence-electron chi connectivity index (χ0n) is 8.65. The highest BCUT2D eigenvalue weighted by Gasteiger charge is 2.11. The van der Waals surface area contributed by atoms with Crippen LogP contribution in [0.5, 0.6) is 5.75 Å². The van der Waals surface area contributed by atoms with Crippen LogP contribution in [0.4, 0.5) is 5.69 Å². The Morgan fingerprint density at radius 1 is 1.31 bits per heavy atom. The number of hydrogen-bond acceptors (Lipinski definition) is 3. The van der Waals surface area contributed by atoms with Crippen molar-refractivity contribution >= 4 is 57.1 Å². The average Bonchev–Trinajstić information content (AvgIpc) is 2.30. The van der Waals surface area contributed by atoms with Gasteiger partial charge in [0.1, 0.15) is 12.4 Å². The molecule has 0 aromatic heterocycles. The van der Waals surface area contributed by atoms with Gasteiger partial charge in [0.2, 0.25) is 0 Å². The molecule has 0 saturated carbocycles. The van der Waals surface area contributed by atoms with Crippen LogP contribution in [0.25, 0.3) is 0 Å². The molecule has 5 heteroatoms. The molecule has 0 amide bonds. The van der Waals surface area contributed by atoms with Gasteiger partial charge in [0.25, 0.3) is 0 Å². The van der Waals surface area contributed by atoms with Gasteiger partial charge >= 0.3 is 0 Å². The molecule has 0 N–H and O–H groups in total. The summed E-state index contributed by atoms with van der Waals surface area (Å²) < 4.78 is 7.57. The SMILES string of the molecule is COc1c(I)cc(N2C=CC=NC2)cc1I. The van der Waals surface area contributed by atoms with Crippen molar-refractivity contribution in [3.63, 3.8) is 0 Å². The third-order valence-corrected chi connectivity index (χ3v) is 3.81. The van der Waals surface area contributed by atoms with E-state index in [0.717, 1.165) is 18.6 Å². The highest BCUT2D eigenvalue weighted by molar-refractivity contribution is 14.1. The molecule has 1 aromatic rings. The molecule has 0 atom stereocenters. The normalized spacial score (nSPS) is 14.3. The summed E-state index contributed by atoms with van der Waals surface area (Å²) in [6.45, 7) is 0.676. The summed E-state index contributed by atoms with van der Waals surface area (Å²) in [5, 5.41) is 0. The predicted molar refractivity (Wildman–Crippen MR) is 83.4 cm³/mol. The minimum absolute atomic E-state index is 0.676. The molecule has 2 rings (SSSR count). The molecule has 1 aliphatic heterocycles. The quantitative estimate of drug-likeness (QED) is 0.661. The van der Waals surface area contributed by atoms with Crippen LogP contribution in [0.3, 0.4) is 0 Å². The maximum atomic E-state index is 5.34. The van der Waals surface area contributed by atoms with Crippen molar-refractivity contribution in [2.45, 2.75) is 0 Å². The molecule has 0 bridgehead atoms. The Morgan fingerprint density at radius 3 is 2.50 bits per heavy atom. The number of ether oxygens (including phenoxy) is 1. The zero-order valence-corrected chi connectivity index (χ0v) is 13.0. The van der Waals surface area contributed by atoms with E-state index < -0.39 is 0 Å². The van der Waals surface area contributed by atoms with Crippen molar-refractivity contribution in [2.24, 2.45) is 4.99 Å². The zero-order chi connectivity index (χ0) is 11.5. The Morgan fingerprint density at radius 2 is 2.00 bits per heavy atom. The van der Waals surface area contributed by atoms with E-state index in [1.165, 1.54) is 0 Å². The largest absolute Gasteiger partial charge is 0.495 e. The van der Waals surface area contributed by atoms with Gasteiger partial charge in [-0.25, -0.2) is 0 Å². The monoisotopic (exact) mass is 440 g/mol. The second-order valence-corrected chi connectivity index (χ2v) is 5.55. The van der Waals surface area contributed by atoms with E-state index in [9.17, 15) is 0 Å². The molecule has 0 radical (unpaired) electrons. The molecule has 16 heavy (non-hydrogen) atoms. The Kier molecular flexibility index (Phi) is 4.06. The van der Waals surface area contributed by atoms with E-state index >= 15 is 0 Å². The number of aliphatic imine (C=N–C) groups is 1. The summed E-state index contributed by atoms with van der Waals surface area (Å²) in [7, 11) is 1.70. The average molecular weight is 440 g/mol. The van der Waals surface area contributed by atoms with E-state index in [1.54, 1.807) is 7.11 Å². The van der Waals surface area contributed by atoms with Crippen LogP contribution >= 0.6 is 45.2 Å². The lowest BCUT2D eigenvalue weighted by molar-refractivity contribution is 0.409. The van der Waals surface area contributed by atoms with Crippen LogP contribution in [0.15, 0.2) is 29.4 Å². The number of benzene rings is 1. The Hall–Kier alpha value is -0.310. The van der Waals surface area contributed by atoms with Gasteiger partial charge in [0.15, 0.2) is 0 Å². The second-order valence-electron chi connectivity index (χ2n) is 3.23. The van der Waals surface area contributed by atoms with E-state index in [-0.39, 0.29) is 0 Å². The number of methoxy groups -OCH3 is 1. The highest BCUT2D eigenvalue weighted by atomic mass is 127. The van der Waals surface area contributed by atoms with Crippen LogP contribution in [0, 0.1) is 7.14 Å². The van der Waals surface area contributed by atoms with Gasteiger partial charge in [-0.15, -0.1) is 0 Å². The molecule has 84 valence electrons. The first-order chi connectivity index (χ1) is 7.72. The summed E-state index contributed by atoms with van der Waals surface area (Å²) in [4.78, 5) is 6.32. The van der Waals surface area contributed by atoms with Gasteiger partial charge in [-0.05, 0) is 63.4 Å². The van der Waals surface area contributed by atoms with Crippen molar-refractivity contribution < 1.29 is 4.74 Å². The molecule has 0 spiro atoms. The molecule has 0 unspecified atom stereocenters. The van der Waals surface area contributed by atoms with Crippen molar-refractivity contribution in [3.8, 4) is 5.75 Å². The molecule has 1 aliphatic rings. The van der Waals surface area contributed by atoms with E-state index in [2.05, 4.69) is 67.2 Å². The maximum Gasteiger partial charge on any atom is 0.145 e. The van der Waals surface area contributed by atoms with Crippen LogP contribution in [0.2, 0.25) is 0 Å². The molecule has 1 heterocycles. The lowest BCUT2D eigenvalue weighted by atomic mass is 10.3. The van der Waals surface area contributed by atoms with Gasteiger partial charge < -0.3 is 9.64 Å².